The summed E-state index contributed by atoms with van der Waals surface area (Å²) in [6, 6.07) is 11.8. The number of carbonyl (C=O) groups is 2. The number of nitrogens with zero attached hydrogens (tertiary/aromatic N) is 2. The van der Waals surface area contributed by atoms with Gasteiger partial charge in [0.15, 0.2) is 0 Å². The third-order valence-electron chi connectivity index (χ3n) is 4.20. The molecule has 0 radical (unpaired) electrons. The molecule has 10 nitrogen and oxygen atoms in total. The number of carbonyl (C=O) groups excluding carboxylic acids is 2. The molecule has 0 spiro atoms. The molecule has 0 aliphatic rings. The van der Waals surface area contributed by atoms with Crippen molar-refractivity contribution in [3.63, 3.8) is 0 Å². The van der Waals surface area contributed by atoms with E-state index in [4.69, 9.17) is 9.47 Å². The second-order valence-corrected chi connectivity index (χ2v) is 7.19. The van der Waals surface area contributed by atoms with Crippen LogP contribution < -0.4 is 20.3 Å². The number of non-ortho nitro benzene ring substituents is 1. The molecule has 1 heterocycles. The summed E-state index contributed by atoms with van der Waals surface area (Å²) in [5.74, 6) is -0.270. The van der Waals surface area contributed by atoms with Gasteiger partial charge in [0.2, 0.25) is 0 Å². The Balaban J connectivity index is 1.81. The van der Waals surface area contributed by atoms with E-state index in [0.717, 1.165) is 6.07 Å². The predicted octanol–water partition coefficient (Wildman–Crippen LogP) is 3.57. The molecule has 0 saturated heterocycles. The monoisotopic (exact) mass is 488 g/mol. The van der Waals surface area contributed by atoms with E-state index in [1.807, 2.05) is 0 Å². The highest BCUT2D eigenvalue weighted by Crippen LogP contribution is 2.29. The van der Waals surface area contributed by atoms with E-state index in [2.05, 4.69) is 26.8 Å². The number of hydrazine groups is 1. The lowest BCUT2D eigenvalue weighted by Gasteiger charge is -2.12. The fourth-order valence-corrected chi connectivity index (χ4v) is 3.19. The number of nitro benzene ring substituents is 1. The second kappa shape index (κ2) is 9.30. The Morgan fingerprint density at radius 3 is 2.26 bits per heavy atom. The second-order valence-electron chi connectivity index (χ2n) is 6.28. The van der Waals surface area contributed by atoms with Gasteiger partial charge in [0.1, 0.15) is 22.9 Å². The zero-order valence-corrected chi connectivity index (χ0v) is 18.0. The minimum absolute atomic E-state index is 0.0733. The van der Waals surface area contributed by atoms with Crippen LogP contribution >= 0.6 is 15.9 Å². The molecule has 160 valence electrons. The number of methoxy groups -OCH3 is 1. The summed E-state index contributed by atoms with van der Waals surface area (Å²) in [4.78, 5) is 35.5. The van der Waals surface area contributed by atoms with Crippen LogP contribution in [0.25, 0.3) is 0 Å². The Hall–Kier alpha value is -3.86. The molecule has 3 aromatic rings. The van der Waals surface area contributed by atoms with E-state index in [9.17, 15) is 19.7 Å². The maximum Gasteiger partial charge on any atom is 0.286 e. The summed E-state index contributed by atoms with van der Waals surface area (Å²) in [6.45, 7) is 0. The topological polar surface area (TPSA) is 125 Å². The fraction of sp³-hybridized carbons (Fsp3) is 0.100. The highest BCUT2D eigenvalue weighted by atomic mass is 79.9. The van der Waals surface area contributed by atoms with Crippen LogP contribution in [0.1, 0.15) is 20.8 Å². The number of aromatic nitrogens is 1. The van der Waals surface area contributed by atoms with E-state index in [0.29, 0.717) is 21.7 Å². The van der Waals surface area contributed by atoms with Crippen molar-refractivity contribution < 1.29 is 24.0 Å². The lowest BCUT2D eigenvalue weighted by molar-refractivity contribution is -0.384. The van der Waals surface area contributed by atoms with Crippen LogP contribution in [0.4, 0.5) is 5.69 Å². The van der Waals surface area contributed by atoms with Gasteiger partial charge < -0.3 is 14.0 Å². The van der Waals surface area contributed by atoms with Gasteiger partial charge in [-0.05, 0) is 52.3 Å². The Morgan fingerprint density at radius 1 is 1.03 bits per heavy atom. The number of benzene rings is 2. The third kappa shape index (κ3) is 5.20. The molecule has 1 aromatic heterocycles. The number of amides is 2. The van der Waals surface area contributed by atoms with Crippen molar-refractivity contribution in [1.82, 2.24) is 15.4 Å². The molecule has 0 atom stereocenters. The highest BCUT2D eigenvalue weighted by molar-refractivity contribution is 9.10. The molecule has 0 saturated carbocycles. The van der Waals surface area contributed by atoms with Crippen molar-refractivity contribution in [2.45, 2.75) is 0 Å². The van der Waals surface area contributed by atoms with E-state index in [1.54, 1.807) is 48.1 Å². The molecule has 0 bridgehead atoms. The number of nitrogens with one attached hydrogen (secondary N) is 2. The van der Waals surface area contributed by atoms with Gasteiger partial charge in [0, 0.05) is 29.8 Å². The zero-order chi connectivity index (χ0) is 22.5. The molecule has 31 heavy (non-hydrogen) atoms. The van der Waals surface area contributed by atoms with E-state index in [-0.39, 0.29) is 17.0 Å². The van der Waals surface area contributed by atoms with Gasteiger partial charge in [-0.1, -0.05) is 0 Å². The average molecular weight is 489 g/mol. The number of hydrogen-bond donors (Lipinski definition) is 2. The lowest BCUT2D eigenvalue weighted by atomic mass is 10.1. The Morgan fingerprint density at radius 2 is 1.68 bits per heavy atom. The van der Waals surface area contributed by atoms with Crippen molar-refractivity contribution >= 4 is 33.4 Å². The van der Waals surface area contributed by atoms with Crippen LogP contribution in [0, 0.1) is 10.1 Å². The summed E-state index contributed by atoms with van der Waals surface area (Å²) in [5, 5.41) is 11.1. The average Bonchev–Trinajstić information content (AvgIpc) is 3.10. The Bertz CT molecular complexity index is 1140. The standard InChI is InChI=1S/C20H17BrN4O6/c1-24-11-12(21)9-17(24)20(27)23-22-19(26)16-10-13(25(28)29)3-8-18(16)31-15-6-4-14(30-2)5-7-15/h3-11H,1-2H3,(H,22,26)(H,23,27). The molecule has 2 aromatic carbocycles. The number of halogens is 1. The van der Waals surface area contributed by atoms with Crippen LogP contribution in [0.3, 0.4) is 0 Å². The third-order valence-corrected chi connectivity index (χ3v) is 4.63. The molecule has 2 N–H and O–H groups in total. The molecule has 0 fully saturated rings. The summed E-state index contributed by atoms with van der Waals surface area (Å²) in [6.07, 6.45) is 1.68. The highest BCUT2D eigenvalue weighted by Gasteiger charge is 2.20. The Kier molecular flexibility index (Phi) is 6.55. The number of hydrogen-bond acceptors (Lipinski definition) is 6. The molecule has 3 rings (SSSR count). The molecular formula is C20H17BrN4O6. The lowest BCUT2D eigenvalue weighted by Crippen LogP contribution is -2.42. The molecule has 2 amide bonds. The van der Waals surface area contributed by atoms with Crippen molar-refractivity contribution in [2.24, 2.45) is 7.05 Å². The first-order valence-corrected chi connectivity index (χ1v) is 9.60. The van der Waals surface area contributed by atoms with Gasteiger partial charge in [-0.2, -0.15) is 0 Å². The van der Waals surface area contributed by atoms with Crippen LogP contribution in [0.15, 0.2) is 59.2 Å². The van der Waals surface area contributed by atoms with Gasteiger partial charge in [-0.15, -0.1) is 0 Å². The largest absolute Gasteiger partial charge is 0.497 e. The van der Waals surface area contributed by atoms with Gasteiger partial charge in [0.05, 0.1) is 17.6 Å². The smallest absolute Gasteiger partial charge is 0.286 e. The Labute approximate surface area is 185 Å². The first-order chi connectivity index (χ1) is 14.8. The molecule has 0 aliphatic heterocycles. The normalized spacial score (nSPS) is 10.3. The summed E-state index contributed by atoms with van der Waals surface area (Å²) in [7, 11) is 3.19. The molecule has 0 aliphatic carbocycles. The van der Waals surface area contributed by atoms with Crippen molar-refractivity contribution in [3.8, 4) is 17.2 Å². The van der Waals surface area contributed by atoms with E-state index in [1.165, 1.54) is 19.2 Å². The summed E-state index contributed by atoms with van der Waals surface area (Å²) < 4.78 is 13.1. The minimum atomic E-state index is -0.783. The first kappa shape index (κ1) is 21.8. The van der Waals surface area contributed by atoms with Gasteiger partial charge in [-0.25, -0.2) is 0 Å². The van der Waals surface area contributed by atoms with Crippen LogP contribution in [-0.4, -0.2) is 28.4 Å². The predicted molar refractivity (Wildman–Crippen MR) is 114 cm³/mol. The zero-order valence-electron chi connectivity index (χ0n) is 16.4. The summed E-state index contributed by atoms with van der Waals surface area (Å²) in [5.41, 5.74) is 4.40. The van der Waals surface area contributed by atoms with E-state index < -0.39 is 16.7 Å². The maximum absolute atomic E-state index is 12.7. The van der Waals surface area contributed by atoms with Gasteiger partial charge in [-0.3, -0.25) is 30.6 Å². The first-order valence-electron chi connectivity index (χ1n) is 8.81. The van der Waals surface area contributed by atoms with Crippen LogP contribution in [0.2, 0.25) is 0 Å². The number of rotatable bonds is 6. The van der Waals surface area contributed by atoms with Gasteiger partial charge in [0.25, 0.3) is 17.5 Å². The van der Waals surface area contributed by atoms with Crippen molar-refractivity contribution in [2.75, 3.05) is 7.11 Å². The molecule has 0 unspecified atom stereocenters. The molecular weight excluding hydrogens is 472 g/mol. The van der Waals surface area contributed by atoms with Crippen LogP contribution in [0.5, 0.6) is 17.2 Å². The quantitative estimate of drug-likeness (QED) is 0.403. The summed E-state index contributed by atoms with van der Waals surface area (Å²) >= 11 is 3.26. The van der Waals surface area contributed by atoms with Crippen molar-refractivity contribution in [3.05, 3.63) is 80.6 Å². The number of aryl methyl sites for hydroxylation is 1. The van der Waals surface area contributed by atoms with E-state index >= 15 is 0 Å². The SMILES string of the molecule is COc1ccc(Oc2ccc([N+](=O)[O-])cc2C(=O)NNC(=O)c2cc(Br)cn2C)cc1. The number of ether oxygens (including phenoxy) is 2. The molecule has 11 heteroatoms. The maximum atomic E-state index is 12.7. The minimum Gasteiger partial charge on any atom is -0.497 e. The van der Waals surface area contributed by atoms with Gasteiger partial charge >= 0.3 is 0 Å². The fourth-order valence-electron chi connectivity index (χ4n) is 2.66. The van der Waals surface area contributed by atoms with Crippen molar-refractivity contribution in [1.29, 1.82) is 0 Å². The van der Waals surface area contributed by atoms with Crippen LogP contribution in [-0.2, 0) is 7.05 Å². The number of nitro groups is 1.